The second-order valence-electron chi connectivity index (χ2n) is 9.08. The van der Waals surface area contributed by atoms with Crippen LogP contribution in [0, 0.1) is 5.82 Å². The van der Waals surface area contributed by atoms with Crippen molar-refractivity contribution >= 4 is 22.9 Å². The van der Waals surface area contributed by atoms with Crippen LogP contribution in [0.1, 0.15) is 30.1 Å². The lowest BCUT2D eigenvalue weighted by atomic mass is 9.97. The second-order valence-corrected chi connectivity index (χ2v) is 9.08. The quantitative estimate of drug-likeness (QED) is 0.472. The molecule has 0 unspecified atom stereocenters. The van der Waals surface area contributed by atoms with Crippen LogP contribution in [0.15, 0.2) is 57.9 Å². The fourth-order valence-corrected chi connectivity index (χ4v) is 4.85. The molecule has 198 valence electrons. The van der Waals surface area contributed by atoms with Crippen LogP contribution in [0.2, 0.25) is 0 Å². The summed E-state index contributed by atoms with van der Waals surface area (Å²) in [7, 11) is 0. The number of carbonyl (C=O) groups is 1. The maximum atomic E-state index is 14.7. The van der Waals surface area contributed by atoms with Crippen molar-refractivity contribution in [2.24, 2.45) is 0 Å². The van der Waals surface area contributed by atoms with Crippen molar-refractivity contribution in [1.29, 1.82) is 0 Å². The van der Waals surface area contributed by atoms with Crippen molar-refractivity contribution in [2.45, 2.75) is 37.5 Å². The Hall–Kier alpha value is -3.44. The normalized spacial score (nSPS) is 18.3. The highest BCUT2D eigenvalue weighted by atomic mass is 19.4. The van der Waals surface area contributed by atoms with E-state index in [-0.39, 0.29) is 17.3 Å². The second kappa shape index (κ2) is 11.3. The maximum absolute atomic E-state index is 14.7. The van der Waals surface area contributed by atoms with Gasteiger partial charge in [-0.3, -0.25) is 4.79 Å². The SMILES string of the molecule is O=C(O)C(F)(F)F.O=c1ccc2ccc(F)c3c2n1C[C@H]3CN1CCC(NC/C=C/c2ccco2)CC1. The summed E-state index contributed by atoms with van der Waals surface area (Å²) >= 11 is 0. The van der Waals surface area contributed by atoms with Gasteiger partial charge in [-0.1, -0.05) is 6.08 Å². The number of nitrogens with one attached hydrogen (secondary N) is 1. The van der Waals surface area contributed by atoms with E-state index in [1.54, 1.807) is 29.0 Å². The summed E-state index contributed by atoms with van der Waals surface area (Å²) in [5.74, 6) is -2.05. The van der Waals surface area contributed by atoms with Gasteiger partial charge in [-0.2, -0.15) is 13.2 Å². The number of nitrogens with zero attached hydrogens (tertiary/aromatic N) is 2. The van der Waals surface area contributed by atoms with Crippen molar-refractivity contribution in [2.75, 3.05) is 26.2 Å². The number of furan rings is 1. The molecule has 0 aliphatic carbocycles. The average molecular weight is 522 g/mol. The lowest BCUT2D eigenvalue weighted by molar-refractivity contribution is -0.192. The predicted octanol–water partition coefficient (Wildman–Crippen LogP) is 4.23. The van der Waals surface area contributed by atoms with Gasteiger partial charge in [0.2, 0.25) is 0 Å². The minimum Gasteiger partial charge on any atom is -0.475 e. The summed E-state index contributed by atoms with van der Waals surface area (Å²) in [5.41, 5.74) is 1.46. The number of benzene rings is 1. The molecule has 5 rings (SSSR count). The molecule has 2 aliphatic rings. The van der Waals surface area contributed by atoms with E-state index >= 15 is 0 Å². The molecule has 2 N–H and O–H groups in total. The van der Waals surface area contributed by atoms with Gasteiger partial charge in [-0.15, -0.1) is 0 Å². The van der Waals surface area contributed by atoms with Gasteiger partial charge < -0.3 is 24.3 Å². The lowest BCUT2D eigenvalue weighted by Gasteiger charge is -2.34. The van der Waals surface area contributed by atoms with E-state index in [1.807, 2.05) is 18.2 Å². The highest BCUT2D eigenvalue weighted by Gasteiger charge is 2.38. The molecule has 2 aliphatic heterocycles. The van der Waals surface area contributed by atoms with Crippen molar-refractivity contribution < 1.29 is 31.9 Å². The number of hydrogen-bond acceptors (Lipinski definition) is 5. The van der Waals surface area contributed by atoms with Crippen LogP contribution in [0.25, 0.3) is 17.0 Å². The highest BCUT2D eigenvalue weighted by Crippen LogP contribution is 2.35. The molecule has 0 spiro atoms. The smallest absolute Gasteiger partial charge is 0.475 e. The number of rotatable bonds is 6. The number of carboxylic acids is 1. The molecule has 0 amide bonds. The van der Waals surface area contributed by atoms with Crippen LogP contribution in [-0.4, -0.2) is 58.9 Å². The minimum absolute atomic E-state index is 0.0320. The van der Waals surface area contributed by atoms with Gasteiger partial charge in [0.1, 0.15) is 11.6 Å². The molecule has 1 aromatic carbocycles. The predicted molar refractivity (Wildman–Crippen MR) is 130 cm³/mol. The Morgan fingerprint density at radius 2 is 1.86 bits per heavy atom. The molecule has 7 nitrogen and oxygen atoms in total. The summed E-state index contributed by atoms with van der Waals surface area (Å²) < 4.78 is 53.4. The highest BCUT2D eigenvalue weighted by molar-refractivity contribution is 5.84. The number of halogens is 4. The van der Waals surface area contributed by atoms with Crippen molar-refractivity contribution in [3.63, 3.8) is 0 Å². The zero-order chi connectivity index (χ0) is 26.6. The molecule has 0 radical (unpaired) electrons. The third-order valence-corrected chi connectivity index (χ3v) is 6.61. The van der Waals surface area contributed by atoms with E-state index in [0.29, 0.717) is 18.2 Å². The van der Waals surface area contributed by atoms with E-state index in [0.717, 1.165) is 55.7 Å². The molecular weight excluding hydrogens is 494 g/mol. The van der Waals surface area contributed by atoms with Gasteiger partial charge in [0, 0.05) is 43.2 Å². The molecule has 3 aromatic rings. The first-order chi connectivity index (χ1) is 17.6. The number of piperidine rings is 1. The Kier molecular flexibility index (Phi) is 8.13. The van der Waals surface area contributed by atoms with Crippen LogP contribution >= 0.6 is 0 Å². The number of aromatic nitrogens is 1. The first-order valence-electron chi connectivity index (χ1n) is 11.9. The van der Waals surface area contributed by atoms with Gasteiger partial charge >= 0.3 is 12.1 Å². The van der Waals surface area contributed by atoms with Crippen LogP contribution in [0.5, 0.6) is 0 Å². The summed E-state index contributed by atoms with van der Waals surface area (Å²) in [6.45, 7) is 4.15. The van der Waals surface area contributed by atoms with Crippen molar-refractivity contribution in [3.8, 4) is 0 Å². The van der Waals surface area contributed by atoms with Crippen LogP contribution in [-0.2, 0) is 11.3 Å². The largest absolute Gasteiger partial charge is 0.490 e. The Morgan fingerprint density at radius 1 is 1.16 bits per heavy atom. The molecule has 1 saturated heterocycles. The zero-order valence-electron chi connectivity index (χ0n) is 19.9. The Labute approximate surface area is 210 Å². The molecule has 11 heteroatoms. The monoisotopic (exact) mass is 521 g/mol. The minimum atomic E-state index is -5.08. The van der Waals surface area contributed by atoms with Crippen LogP contribution in [0.4, 0.5) is 17.6 Å². The number of aliphatic carboxylic acids is 1. The van der Waals surface area contributed by atoms with Crippen molar-refractivity contribution in [3.05, 3.63) is 76.2 Å². The van der Waals surface area contributed by atoms with Crippen molar-refractivity contribution in [1.82, 2.24) is 14.8 Å². The van der Waals surface area contributed by atoms with E-state index in [1.165, 1.54) is 6.07 Å². The zero-order valence-corrected chi connectivity index (χ0v) is 19.9. The number of alkyl halides is 3. The molecular formula is C26H27F4N3O4. The van der Waals surface area contributed by atoms with Gasteiger partial charge in [0.25, 0.3) is 5.56 Å². The van der Waals surface area contributed by atoms with Gasteiger partial charge in [-0.25, -0.2) is 9.18 Å². The summed E-state index contributed by atoms with van der Waals surface area (Å²) in [4.78, 5) is 23.6. The lowest BCUT2D eigenvalue weighted by Crippen LogP contribution is -2.44. The van der Waals surface area contributed by atoms with E-state index in [2.05, 4.69) is 16.3 Å². The molecule has 1 fully saturated rings. The number of pyridine rings is 1. The first-order valence-corrected chi connectivity index (χ1v) is 11.9. The molecule has 37 heavy (non-hydrogen) atoms. The average Bonchev–Trinajstić information content (AvgIpc) is 3.51. The van der Waals surface area contributed by atoms with E-state index in [9.17, 15) is 22.4 Å². The number of likely N-dealkylation sites (tertiary alicyclic amines) is 1. The van der Waals surface area contributed by atoms with E-state index in [4.69, 9.17) is 14.3 Å². The fourth-order valence-electron chi connectivity index (χ4n) is 4.85. The fraction of sp³-hybridized carbons (Fsp3) is 0.385. The number of hydrogen-bond donors (Lipinski definition) is 2. The Bertz CT molecular complexity index is 1310. The Morgan fingerprint density at radius 3 is 2.51 bits per heavy atom. The van der Waals surface area contributed by atoms with Crippen LogP contribution in [0.3, 0.4) is 0 Å². The molecule has 1 atom stereocenters. The molecule has 0 bridgehead atoms. The van der Waals surface area contributed by atoms with Gasteiger partial charge in [0.05, 0.1) is 11.8 Å². The molecule has 4 heterocycles. The molecule has 0 saturated carbocycles. The topological polar surface area (TPSA) is 87.7 Å². The van der Waals surface area contributed by atoms with Crippen LogP contribution < -0.4 is 10.9 Å². The summed E-state index contributed by atoms with van der Waals surface area (Å²) in [6, 6.07) is 11.0. The first kappa shape index (κ1) is 26.6. The summed E-state index contributed by atoms with van der Waals surface area (Å²) in [6.07, 6.45) is 2.80. The third kappa shape index (κ3) is 6.47. The number of carboxylic acid groups (broad SMARTS) is 1. The Balaban J connectivity index is 0.000000405. The standard InChI is InChI=1S/C24H26FN3O2.C2HF3O2/c25-21-7-5-17-6-8-22(29)28-16-18(23(21)24(17)28)15-27-12-9-19(10-13-27)26-11-1-3-20-4-2-14-30-20;3-2(4,5)1(6)7/h1-8,14,18-19,26H,9-13,15-16H2;(H,6,7)/b3-1+;/t18-;/m1./s1. The van der Waals surface area contributed by atoms with Gasteiger partial charge in [0.15, 0.2) is 0 Å². The summed E-state index contributed by atoms with van der Waals surface area (Å²) in [5, 5.41) is 11.7. The maximum Gasteiger partial charge on any atom is 0.490 e. The molecule has 2 aromatic heterocycles. The van der Waals surface area contributed by atoms with Gasteiger partial charge in [-0.05, 0) is 67.7 Å². The van der Waals surface area contributed by atoms with E-state index < -0.39 is 12.1 Å². The third-order valence-electron chi connectivity index (χ3n) is 6.61.